The second-order valence-corrected chi connectivity index (χ2v) is 3.82. The fourth-order valence-corrected chi connectivity index (χ4v) is 0.940. The van der Waals surface area contributed by atoms with Gasteiger partial charge < -0.3 is 25.1 Å². The number of hydrogen-bond donors (Lipinski definition) is 5. The molecular formula is C5H13O7P. The molecule has 0 spiro atoms. The molecule has 80 valence electrons. The smallest absolute Gasteiger partial charge is 0.391 e. The zero-order chi connectivity index (χ0) is 10.6. The van der Waals surface area contributed by atoms with Gasteiger partial charge in [0.15, 0.2) is 0 Å². The van der Waals surface area contributed by atoms with Crippen LogP contribution < -0.4 is 0 Å². The molecule has 0 saturated carbocycles. The molecule has 13 heavy (non-hydrogen) atoms. The summed E-state index contributed by atoms with van der Waals surface area (Å²) in [5.41, 5.74) is 0. The summed E-state index contributed by atoms with van der Waals surface area (Å²) in [6.07, 6.45) is -4.23. The van der Waals surface area contributed by atoms with E-state index >= 15 is 0 Å². The van der Waals surface area contributed by atoms with Gasteiger partial charge in [-0.05, 0) is 6.92 Å². The Bertz CT molecular complexity index is 187. The number of phosphoric acid groups is 1. The van der Waals surface area contributed by atoms with Crippen molar-refractivity contribution in [2.45, 2.75) is 25.2 Å². The molecule has 0 radical (unpaired) electrons. The van der Waals surface area contributed by atoms with Crippen molar-refractivity contribution in [2.75, 3.05) is 6.61 Å². The van der Waals surface area contributed by atoms with Crippen molar-refractivity contribution >= 4 is 7.82 Å². The van der Waals surface area contributed by atoms with Crippen molar-refractivity contribution in [1.82, 2.24) is 0 Å². The molecule has 0 amide bonds. The van der Waals surface area contributed by atoms with Crippen molar-refractivity contribution in [3.05, 3.63) is 0 Å². The number of rotatable bonds is 5. The Morgan fingerprint density at radius 3 is 2.08 bits per heavy atom. The molecule has 0 aromatic heterocycles. The van der Waals surface area contributed by atoms with Crippen molar-refractivity contribution in [2.24, 2.45) is 0 Å². The maximum Gasteiger partial charge on any atom is 0.469 e. The minimum atomic E-state index is -4.64. The van der Waals surface area contributed by atoms with Crippen LogP contribution in [0.15, 0.2) is 0 Å². The number of aliphatic hydroxyl groups excluding tert-OH is 3. The highest BCUT2D eigenvalue weighted by Gasteiger charge is 2.24. The van der Waals surface area contributed by atoms with Gasteiger partial charge in [0.2, 0.25) is 0 Å². The largest absolute Gasteiger partial charge is 0.469 e. The van der Waals surface area contributed by atoms with Crippen LogP contribution in [0.2, 0.25) is 0 Å². The van der Waals surface area contributed by atoms with Crippen LogP contribution in [-0.2, 0) is 9.09 Å². The Balaban J connectivity index is 3.88. The Morgan fingerprint density at radius 2 is 1.77 bits per heavy atom. The molecule has 7 nitrogen and oxygen atoms in total. The summed E-state index contributed by atoms with van der Waals surface area (Å²) in [7, 11) is -4.64. The average Bonchev–Trinajstić information content (AvgIpc) is 1.97. The van der Waals surface area contributed by atoms with Gasteiger partial charge in [0, 0.05) is 0 Å². The maximum absolute atomic E-state index is 10.1. The first-order chi connectivity index (χ1) is 5.74. The van der Waals surface area contributed by atoms with Crippen molar-refractivity contribution in [1.29, 1.82) is 0 Å². The Kier molecular flexibility index (Phi) is 5.01. The van der Waals surface area contributed by atoms with E-state index in [0.717, 1.165) is 0 Å². The van der Waals surface area contributed by atoms with Gasteiger partial charge in [0.05, 0.1) is 12.7 Å². The van der Waals surface area contributed by atoms with Gasteiger partial charge in [-0.1, -0.05) is 0 Å². The summed E-state index contributed by atoms with van der Waals surface area (Å²) in [5.74, 6) is 0. The minimum absolute atomic E-state index is 0.740. The third kappa shape index (κ3) is 6.11. The fourth-order valence-electron chi connectivity index (χ4n) is 0.594. The lowest BCUT2D eigenvalue weighted by atomic mass is 10.1. The summed E-state index contributed by atoms with van der Waals surface area (Å²) in [6, 6.07) is 0. The summed E-state index contributed by atoms with van der Waals surface area (Å²) >= 11 is 0. The van der Waals surface area contributed by atoms with E-state index in [-0.39, 0.29) is 0 Å². The third-order valence-corrected chi connectivity index (χ3v) is 1.79. The zero-order valence-electron chi connectivity index (χ0n) is 6.94. The van der Waals surface area contributed by atoms with Crippen LogP contribution in [0.4, 0.5) is 0 Å². The van der Waals surface area contributed by atoms with Crippen LogP contribution in [0.25, 0.3) is 0 Å². The number of phosphoric ester groups is 1. The van der Waals surface area contributed by atoms with Crippen molar-refractivity contribution in [3.8, 4) is 0 Å². The van der Waals surface area contributed by atoms with Gasteiger partial charge in [-0.15, -0.1) is 0 Å². The van der Waals surface area contributed by atoms with Crippen LogP contribution in [0, 0.1) is 0 Å². The monoisotopic (exact) mass is 216 g/mol. The summed E-state index contributed by atoms with van der Waals surface area (Å²) in [6.45, 7) is 0.488. The molecule has 0 aliphatic heterocycles. The van der Waals surface area contributed by atoms with E-state index in [0.29, 0.717) is 0 Å². The van der Waals surface area contributed by atoms with E-state index in [2.05, 4.69) is 4.52 Å². The topological polar surface area (TPSA) is 127 Å². The molecular weight excluding hydrogens is 203 g/mol. The lowest BCUT2D eigenvalue weighted by Crippen LogP contribution is -2.38. The van der Waals surface area contributed by atoms with Crippen LogP contribution in [0.1, 0.15) is 6.92 Å². The molecule has 3 atom stereocenters. The van der Waals surface area contributed by atoms with Gasteiger partial charge in [-0.3, -0.25) is 4.52 Å². The van der Waals surface area contributed by atoms with E-state index in [1.165, 1.54) is 6.92 Å². The van der Waals surface area contributed by atoms with E-state index in [1.807, 2.05) is 0 Å². The quantitative estimate of drug-likeness (QED) is 0.343. The summed E-state index contributed by atoms with van der Waals surface area (Å²) in [4.78, 5) is 16.4. The van der Waals surface area contributed by atoms with Crippen LogP contribution in [0.5, 0.6) is 0 Å². The molecule has 5 N–H and O–H groups in total. The highest BCUT2D eigenvalue weighted by Crippen LogP contribution is 2.35. The summed E-state index contributed by atoms with van der Waals surface area (Å²) in [5, 5.41) is 26.7. The average molecular weight is 216 g/mol. The van der Waals surface area contributed by atoms with Gasteiger partial charge in [0.25, 0.3) is 0 Å². The summed E-state index contributed by atoms with van der Waals surface area (Å²) < 4.78 is 14.1. The Hall–Kier alpha value is -0.0100. The number of aliphatic hydroxyl groups is 3. The minimum Gasteiger partial charge on any atom is -0.391 e. The third-order valence-electron chi connectivity index (χ3n) is 1.30. The van der Waals surface area contributed by atoms with Gasteiger partial charge in [0.1, 0.15) is 12.2 Å². The first kappa shape index (κ1) is 13.0. The molecule has 0 fully saturated rings. The fraction of sp³-hybridized carbons (Fsp3) is 1.00. The normalized spacial score (nSPS) is 19.5. The highest BCUT2D eigenvalue weighted by molar-refractivity contribution is 7.46. The van der Waals surface area contributed by atoms with Crippen molar-refractivity contribution < 1.29 is 34.2 Å². The predicted octanol–water partition coefficient (Wildman–Crippen LogP) is -1.80. The van der Waals surface area contributed by atoms with E-state index < -0.39 is 32.7 Å². The molecule has 0 heterocycles. The predicted molar refractivity (Wildman–Crippen MR) is 41.7 cm³/mol. The molecule has 0 aromatic carbocycles. The second kappa shape index (κ2) is 5.02. The van der Waals surface area contributed by atoms with E-state index in [4.69, 9.17) is 25.1 Å². The molecule has 0 bridgehead atoms. The first-order valence-electron chi connectivity index (χ1n) is 3.48. The van der Waals surface area contributed by atoms with E-state index in [9.17, 15) is 4.57 Å². The molecule has 8 heteroatoms. The SMILES string of the molecule is C[C@@H](O)[C@H](O)[C@@H](O)COP(=O)(O)O. The molecule has 0 saturated heterocycles. The maximum atomic E-state index is 10.1. The van der Waals surface area contributed by atoms with E-state index in [1.54, 1.807) is 0 Å². The molecule has 0 unspecified atom stereocenters. The zero-order valence-corrected chi connectivity index (χ0v) is 7.83. The highest BCUT2D eigenvalue weighted by atomic mass is 31.2. The molecule has 0 aromatic rings. The van der Waals surface area contributed by atoms with Gasteiger partial charge in [-0.2, -0.15) is 0 Å². The Morgan fingerprint density at radius 1 is 1.31 bits per heavy atom. The molecule has 0 aliphatic rings. The first-order valence-corrected chi connectivity index (χ1v) is 5.01. The Labute approximate surface area is 74.8 Å². The standard InChI is InChI=1S/C5H13O7P/c1-3(6)5(8)4(7)2-12-13(9,10)11/h3-8H,2H2,1H3,(H2,9,10,11)/t3-,4+,5+/m1/s1. The molecule has 0 rings (SSSR count). The van der Waals surface area contributed by atoms with Crippen molar-refractivity contribution in [3.63, 3.8) is 0 Å². The van der Waals surface area contributed by atoms with Crippen LogP contribution in [0.3, 0.4) is 0 Å². The van der Waals surface area contributed by atoms with Gasteiger partial charge in [-0.25, -0.2) is 4.57 Å². The van der Waals surface area contributed by atoms with Crippen LogP contribution >= 0.6 is 7.82 Å². The van der Waals surface area contributed by atoms with Crippen LogP contribution in [-0.4, -0.2) is 50.0 Å². The lowest BCUT2D eigenvalue weighted by molar-refractivity contribution is -0.0689. The number of hydrogen-bond acceptors (Lipinski definition) is 5. The van der Waals surface area contributed by atoms with Gasteiger partial charge >= 0.3 is 7.82 Å². The molecule has 0 aliphatic carbocycles. The second-order valence-electron chi connectivity index (χ2n) is 2.58. The lowest BCUT2D eigenvalue weighted by Gasteiger charge is -2.19.